The van der Waals surface area contributed by atoms with E-state index in [0.717, 1.165) is 43.4 Å². The first-order valence-corrected chi connectivity index (χ1v) is 6.73. The van der Waals surface area contributed by atoms with E-state index in [2.05, 4.69) is 11.4 Å². The van der Waals surface area contributed by atoms with E-state index in [1.165, 1.54) is 5.56 Å². The third-order valence-electron chi connectivity index (χ3n) is 4.60. The molecule has 4 heteroatoms. The molecule has 0 bridgehead atoms. The van der Waals surface area contributed by atoms with Crippen molar-refractivity contribution in [2.45, 2.75) is 12.3 Å². The molecule has 0 radical (unpaired) electrons. The van der Waals surface area contributed by atoms with Gasteiger partial charge in [-0.15, -0.1) is 0 Å². The van der Waals surface area contributed by atoms with Crippen LogP contribution in [0.1, 0.15) is 11.1 Å². The number of hydrogen-bond acceptors (Lipinski definition) is 4. The summed E-state index contributed by atoms with van der Waals surface area (Å²) in [5.41, 5.74) is 2.46. The zero-order valence-electron chi connectivity index (χ0n) is 11.8. The summed E-state index contributed by atoms with van der Waals surface area (Å²) < 4.78 is 16.6. The van der Waals surface area contributed by atoms with Crippen LogP contribution in [-0.2, 0) is 10.2 Å². The second-order valence-corrected chi connectivity index (χ2v) is 5.48. The summed E-state index contributed by atoms with van der Waals surface area (Å²) in [7, 11) is 3.43. The van der Waals surface area contributed by atoms with Crippen LogP contribution >= 0.6 is 0 Å². The molecule has 3 rings (SSSR count). The summed E-state index contributed by atoms with van der Waals surface area (Å²) in [5.74, 6) is 2.47. The van der Waals surface area contributed by atoms with Gasteiger partial charge in [0.2, 0.25) is 0 Å². The SMILES string of the molecule is COc1ccc(C2(C3CNC3)COC2)c(OC)c1C. The molecule has 1 aromatic rings. The van der Waals surface area contributed by atoms with Crippen molar-refractivity contribution in [2.75, 3.05) is 40.5 Å². The number of hydrogen-bond donors (Lipinski definition) is 1. The Labute approximate surface area is 114 Å². The van der Waals surface area contributed by atoms with Gasteiger partial charge in [0.15, 0.2) is 0 Å². The minimum atomic E-state index is 0.119. The summed E-state index contributed by atoms with van der Waals surface area (Å²) in [4.78, 5) is 0. The van der Waals surface area contributed by atoms with E-state index in [0.29, 0.717) is 5.92 Å². The van der Waals surface area contributed by atoms with Crippen LogP contribution in [-0.4, -0.2) is 40.5 Å². The lowest BCUT2D eigenvalue weighted by Crippen LogP contribution is -2.62. The van der Waals surface area contributed by atoms with Gasteiger partial charge in [-0.1, -0.05) is 6.07 Å². The quantitative estimate of drug-likeness (QED) is 0.893. The maximum absolute atomic E-state index is 5.66. The monoisotopic (exact) mass is 263 g/mol. The zero-order chi connectivity index (χ0) is 13.5. The van der Waals surface area contributed by atoms with E-state index in [9.17, 15) is 0 Å². The van der Waals surface area contributed by atoms with Gasteiger partial charge >= 0.3 is 0 Å². The Hall–Kier alpha value is -1.26. The lowest BCUT2D eigenvalue weighted by atomic mass is 9.65. The zero-order valence-corrected chi connectivity index (χ0v) is 11.8. The van der Waals surface area contributed by atoms with Crippen molar-refractivity contribution in [3.63, 3.8) is 0 Å². The Kier molecular flexibility index (Phi) is 3.15. The van der Waals surface area contributed by atoms with Crippen molar-refractivity contribution < 1.29 is 14.2 Å². The second kappa shape index (κ2) is 4.69. The highest BCUT2D eigenvalue weighted by Gasteiger charge is 2.50. The van der Waals surface area contributed by atoms with Crippen LogP contribution in [0.2, 0.25) is 0 Å². The minimum Gasteiger partial charge on any atom is -0.496 e. The number of ether oxygens (including phenoxy) is 3. The maximum Gasteiger partial charge on any atom is 0.129 e. The highest BCUT2D eigenvalue weighted by molar-refractivity contribution is 5.53. The highest BCUT2D eigenvalue weighted by atomic mass is 16.5. The van der Waals surface area contributed by atoms with Crippen molar-refractivity contribution in [2.24, 2.45) is 5.92 Å². The topological polar surface area (TPSA) is 39.7 Å². The van der Waals surface area contributed by atoms with Crippen molar-refractivity contribution in [3.05, 3.63) is 23.3 Å². The van der Waals surface area contributed by atoms with Crippen molar-refractivity contribution >= 4 is 0 Å². The second-order valence-electron chi connectivity index (χ2n) is 5.48. The van der Waals surface area contributed by atoms with Crippen LogP contribution in [0.4, 0.5) is 0 Å². The number of benzene rings is 1. The normalized spacial score (nSPS) is 21.4. The lowest BCUT2D eigenvalue weighted by Gasteiger charge is -2.51. The fourth-order valence-electron chi connectivity index (χ4n) is 3.16. The molecule has 0 spiro atoms. The molecule has 19 heavy (non-hydrogen) atoms. The maximum atomic E-state index is 5.66. The summed E-state index contributed by atoms with van der Waals surface area (Å²) in [6, 6.07) is 4.19. The minimum absolute atomic E-state index is 0.119. The highest BCUT2D eigenvalue weighted by Crippen LogP contribution is 2.47. The summed E-state index contributed by atoms with van der Waals surface area (Å²) in [6.07, 6.45) is 0. The number of methoxy groups -OCH3 is 2. The number of nitrogens with one attached hydrogen (secondary N) is 1. The summed E-state index contributed by atoms with van der Waals surface area (Å²) in [5, 5.41) is 3.36. The Morgan fingerprint density at radius 2 is 1.95 bits per heavy atom. The molecule has 0 aromatic heterocycles. The predicted octanol–water partition coefficient (Wildman–Crippen LogP) is 1.50. The average molecular weight is 263 g/mol. The van der Waals surface area contributed by atoms with Crippen LogP contribution in [0.3, 0.4) is 0 Å². The van der Waals surface area contributed by atoms with Gasteiger partial charge in [0, 0.05) is 24.2 Å². The Bertz CT molecular complexity index is 479. The molecule has 1 aromatic carbocycles. The largest absolute Gasteiger partial charge is 0.496 e. The first kappa shape index (κ1) is 12.8. The van der Waals surface area contributed by atoms with Crippen molar-refractivity contribution in [3.8, 4) is 11.5 Å². The molecule has 2 saturated heterocycles. The molecular formula is C15H21NO3. The van der Waals surface area contributed by atoms with Gasteiger partial charge in [-0.3, -0.25) is 0 Å². The molecule has 0 saturated carbocycles. The molecule has 0 atom stereocenters. The third kappa shape index (κ3) is 1.74. The van der Waals surface area contributed by atoms with E-state index in [-0.39, 0.29) is 5.41 Å². The Morgan fingerprint density at radius 3 is 2.37 bits per heavy atom. The standard InChI is InChI=1S/C15H21NO3/c1-10-13(17-2)5-4-12(14(10)18-3)15(8-19-9-15)11-6-16-7-11/h4-5,11,16H,6-9H2,1-3H3. The lowest BCUT2D eigenvalue weighted by molar-refractivity contribution is -0.102. The van der Waals surface area contributed by atoms with Crippen LogP contribution in [0.25, 0.3) is 0 Å². The molecule has 2 heterocycles. The van der Waals surface area contributed by atoms with Gasteiger partial charge < -0.3 is 19.5 Å². The van der Waals surface area contributed by atoms with Gasteiger partial charge in [0.05, 0.1) is 32.8 Å². The first-order valence-electron chi connectivity index (χ1n) is 6.73. The smallest absolute Gasteiger partial charge is 0.129 e. The third-order valence-corrected chi connectivity index (χ3v) is 4.60. The molecule has 0 amide bonds. The fraction of sp³-hybridized carbons (Fsp3) is 0.600. The van der Waals surface area contributed by atoms with E-state index in [4.69, 9.17) is 14.2 Å². The van der Waals surface area contributed by atoms with Crippen LogP contribution in [0, 0.1) is 12.8 Å². The molecule has 1 N–H and O–H groups in total. The van der Waals surface area contributed by atoms with E-state index in [1.807, 2.05) is 13.0 Å². The molecule has 104 valence electrons. The molecular weight excluding hydrogens is 242 g/mol. The van der Waals surface area contributed by atoms with E-state index in [1.54, 1.807) is 14.2 Å². The van der Waals surface area contributed by atoms with Gasteiger partial charge in [0.1, 0.15) is 11.5 Å². The molecule has 4 nitrogen and oxygen atoms in total. The molecule has 2 aliphatic heterocycles. The Morgan fingerprint density at radius 1 is 1.21 bits per heavy atom. The van der Waals surface area contributed by atoms with Crippen molar-refractivity contribution in [1.29, 1.82) is 0 Å². The van der Waals surface area contributed by atoms with Gasteiger partial charge in [-0.2, -0.15) is 0 Å². The summed E-state index contributed by atoms with van der Waals surface area (Å²) >= 11 is 0. The first-order chi connectivity index (χ1) is 9.23. The number of rotatable bonds is 4. The predicted molar refractivity (Wildman–Crippen MR) is 73.1 cm³/mol. The van der Waals surface area contributed by atoms with E-state index < -0.39 is 0 Å². The molecule has 2 fully saturated rings. The van der Waals surface area contributed by atoms with Crippen LogP contribution < -0.4 is 14.8 Å². The van der Waals surface area contributed by atoms with Gasteiger partial charge in [-0.25, -0.2) is 0 Å². The molecule has 0 unspecified atom stereocenters. The fourth-order valence-corrected chi connectivity index (χ4v) is 3.16. The average Bonchev–Trinajstić information content (AvgIpc) is 2.31. The Balaban J connectivity index is 2.06. The molecule has 0 aliphatic carbocycles. The van der Waals surface area contributed by atoms with Gasteiger partial charge in [-0.05, 0) is 18.9 Å². The van der Waals surface area contributed by atoms with Gasteiger partial charge in [0.25, 0.3) is 0 Å². The molecule has 2 aliphatic rings. The van der Waals surface area contributed by atoms with Crippen LogP contribution in [0.5, 0.6) is 11.5 Å². The summed E-state index contributed by atoms with van der Waals surface area (Å²) in [6.45, 7) is 5.77. The van der Waals surface area contributed by atoms with Crippen molar-refractivity contribution in [1.82, 2.24) is 5.32 Å². The van der Waals surface area contributed by atoms with Crippen LogP contribution in [0.15, 0.2) is 12.1 Å². The van der Waals surface area contributed by atoms with E-state index >= 15 is 0 Å².